The standard InChI is InChI=1S/C15H26N4O3.ClH/c1-10(2)18-8-11(6-13(18)14(20)22-3)19-9-12-7-16-4-5-17(12)15(19)21;/h10-13,16H,4-9H2,1-3H3;1H/t11-,12-,13-;/m0./s1. The number of halogens is 1. The van der Waals surface area contributed by atoms with Gasteiger partial charge in [-0.05, 0) is 20.3 Å². The van der Waals surface area contributed by atoms with Gasteiger partial charge in [0, 0.05) is 44.8 Å². The second-order valence-corrected chi connectivity index (χ2v) is 6.71. The topological polar surface area (TPSA) is 65.1 Å². The fourth-order valence-electron chi connectivity index (χ4n) is 3.95. The van der Waals surface area contributed by atoms with Crippen LogP contribution < -0.4 is 5.32 Å². The van der Waals surface area contributed by atoms with Crippen LogP contribution in [0.3, 0.4) is 0 Å². The molecule has 1 N–H and O–H groups in total. The van der Waals surface area contributed by atoms with E-state index in [-0.39, 0.29) is 48.6 Å². The molecule has 3 fully saturated rings. The Labute approximate surface area is 143 Å². The van der Waals surface area contributed by atoms with Gasteiger partial charge in [-0.2, -0.15) is 0 Å². The van der Waals surface area contributed by atoms with Crippen molar-refractivity contribution in [1.29, 1.82) is 0 Å². The van der Waals surface area contributed by atoms with Gasteiger partial charge in [0.05, 0.1) is 13.2 Å². The van der Waals surface area contributed by atoms with Gasteiger partial charge in [-0.3, -0.25) is 9.69 Å². The minimum atomic E-state index is -0.237. The van der Waals surface area contributed by atoms with Crippen molar-refractivity contribution < 1.29 is 14.3 Å². The predicted molar refractivity (Wildman–Crippen MR) is 88.8 cm³/mol. The van der Waals surface area contributed by atoms with Gasteiger partial charge < -0.3 is 19.9 Å². The molecule has 7 nitrogen and oxygen atoms in total. The van der Waals surface area contributed by atoms with Gasteiger partial charge in [-0.15, -0.1) is 12.4 Å². The van der Waals surface area contributed by atoms with Crippen LogP contribution >= 0.6 is 12.4 Å². The Balaban J connectivity index is 0.00000192. The molecule has 3 heterocycles. The largest absolute Gasteiger partial charge is 0.468 e. The van der Waals surface area contributed by atoms with E-state index in [4.69, 9.17) is 4.74 Å². The number of amides is 2. The Morgan fingerprint density at radius 2 is 2.00 bits per heavy atom. The van der Waals surface area contributed by atoms with Crippen molar-refractivity contribution in [2.45, 2.75) is 44.4 Å². The molecule has 0 aromatic heterocycles. The molecule has 0 saturated carbocycles. The number of likely N-dealkylation sites (tertiary alicyclic amines) is 1. The number of ether oxygens (including phenoxy) is 1. The zero-order chi connectivity index (χ0) is 15.9. The molecule has 2 amide bonds. The minimum absolute atomic E-state index is 0. The highest BCUT2D eigenvalue weighted by molar-refractivity contribution is 5.85. The lowest BCUT2D eigenvalue weighted by molar-refractivity contribution is -0.146. The van der Waals surface area contributed by atoms with Crippen LogP contribution in [0, 0.1) is 0 Å². The smallest absolute Gasteiger partial charge is 0.323 e. The van der Waals surface area contributed by atoms with E-state index < -0.39 is 0 Å². The van der Waals surface area contributed by atoms with Crippen LogP contribution in [0.5, 0.6) is 0 Å². The molecule has 0 radical (unpaired) electrons. The third-order valence-corrected chi connectivity index (χ3v) is 5.14. The first-order chi connectivity index (χ1) is 10.5. The number of hydrogen-bond donors (Lipinski definition) is 1. The van der Waals surface area contributed by atoms with Crippen molar-refractivity contribution in [2.75, 3.05) is 39.8 Å². The molecule has 0 bridgehead atoms. The van der Waals surface area contributed by atoms with Crippen LogP contribution in [0.15, 0.2) is 0 Å². The van der Waals surface area contributed by atoms with E-state index in [0.29, 0.717) is 6.42 Å². The van der Waals surface area contributed by atoms with Crippen LogP contribution in [-0.2, 0) is 9.53 Å². The highest BCUT2D eigenvalue weighted by Crippen LogP contribution is 2.29. The highest BCUT2D eigenvalue weighted by Gasteiger charge is 2.47. The molecule has 132 valence electrons. The summed E-state index contributed by atoms with van der Waals surface area (Å²) in [7, 11) is 1.43. The Morgan fingerprint density at radius 1 is 1.26 bits per heavy atom. The molecule has 0 spiro atoms. The molecule has 0 unspecified atom stereocenters. The molecule has 23 heavy (non-hydrogen) atoms. The monoisotopic (exact) mass is 346 g/mol. The second kappa shape index (κ2) is 7.23. The third-order valence-electron chi connectivity index (χ3n) is 5.14. The van der Waals surface area contributed by atoms with Gasteiger partial charge in [0.25, 0.3) is 0 Å². The molecular formula is C15H27ClN4O3. The van der Waals surface area contributed by atoms with Crippen LogP contribution in [0.2, 0.25) is 0 Å². The first-order valence-electron chi connectivity index (χ1n) is 8.14. The third kappa shape index (κ3) is 3.27. The van der Waals surface area contributed by atoms with Crippen molar-refractivity contribution in [2.24, 2.45) is 0 Å². The number of carbonyl (C=O) groups excluding carboxylic acids is 2. The Bertz CT molecular complexity index is 462. The zero-order valence-corrected chi connectivity index (χ0v) is 14.8. The summed E-state index contributed by atoms with van der Waals surface area (Å²) in [6, 6.07) is 0.524. The quantitative estimate of drug-likeness (QED) is 0.737. The van der Waals surface area contributed by atoms with Gasteiger partial charge in [0.2, 0.25) is 0 Å². The molecule has 3 rings (SSSR count). The number of nitrogens with one attached hydrogen (secondary N) is 1. The van der Waals surface area contributed by atoms with E-state index >= 15 is 0 Å². The van der Waals surface area contributed by atoms with Crippen LogP contribution in [0.4, 0.5) is 4.79 Å². The first kappa shape index (κ1) is 18.3. The number of fused-ring (bicyclic) bond motifs is 1. The molecular weight excluding hydrogens is 320 g/mol. The number of nitrogens with zero attached hydrogens (tertiary/aromatic N) is 3. The molecule has 3 saturated heterocycles. The Kier molecular flexibility index (Phi) is 5.75. The SMILES string of the molecule is COC(=O)[C@@H]1C[C@H](N2C[C@@H]3CNCCN3C2=O)CN1C(C)C.Cl. The molecule has 0 aromatic carbocycles. The fourth-order valence-corrected chi connectivity index (χ4v) is 3.95. The average Bonchev–Trinajstić information content (AvgIpc) is 3.09. The van der Waals surface area contributed by atoms with Gasteiger partial charge in [-0.1, -0.05) is 0 Å². The molecule has 3 aliphatic rings. The highest BCUT2D eigenvalue weighted by atomic mass is 35.5. The molecule has 0 aliphatic carbocycles. The zero-order valence-electron chi connectivity index (χ0n) is 14.0. The predicted octanol–water partition coefficient (Wildman–Crippen LogP) is 0.142. The number of methoxy groups -OCH3 is 1. The van der Waals surface area contributed by atoms with Gasteiger partial charge in [-0.25, -0.2) is 4.79 Å². The van der Waals surface area contributed by atoms with Crippen LogP contribution in [-0.4, -0.2) is 90.7 Å². The van der Waals surface area contributed by atoms with E-state index in [1.807, 2.05) is 9.80 Å². The van der Waals surface area contributed by atoms with Crippen molar-refractivity contribution in [3.63, 3.8) is 0 Å². The van der Waals surface area contributed by atoms with E-state index in [0.717, 1.165) is 32.7 Å². The summed E-state index contributed by atoms with van der Waals surface area (Å²) < 4.78 is 4.94. The second-order valence-electron chi connectivity index (χ2n) is 6.71. The number of carbonyl (C=O) groups is 2. The van der Waals surface area contributed by atoms with Crippen molar-refractivity contribution in [1.82, 2.24) is 20.0 Å². The fraction of sp³-hybridized carbons (Fsp3) is 0.867. The summed E-state index contributed by atoms with van der Waals surface area (Å²) >= 11 is 0. The lowest BCUT2D eigenvalue weighted by atomic mass is 10.1. The number of rotatable bonds is 3. The van der Waals surface area contributed by atoms with Crippen molar-refractivity contribution in [3.8, 4) is 0 Å². The summed E-state index contributed by atoms with van der Waals surface area (Å²) in [6.45, 7) is 8.18. The summed E-state index contributed by atoms with van der Waals surface area (Å²) in [5.74, 6) is -0.192. The number of esters is 1. The number of hydrogen-bond acceptors (Lipinski definition) is 5. The maximum Gasteiger partial charge on any atom is 0.323 e. The molecule has 3 aliphatic heterocycles. The van der Waals surface area contributed by atoms with Gasteiger partial charge in [0.1, 0.15) is 6.04 Å². The number of urea groups is 1. The first-order valence-corrected chi connectivity index (χ1v) is 8.14. The average molecular weight is 347 g/mol. The molecule has 3 atom stereocenters. The normalized spacial score (nSPS) is 31.3. The van der Waals surface area contributed by atoms with Gasteiger partial charge >= 0.3 is 12.0 Å². The lowest BCUT2D eigenvalue weighted by Gasteiger charge is -2.28. The van der Waals surface area contributed by atoms with Crippen molar-refractivity contribution >= 4 is 24.4 Å². The summed E-state index contributed by atoms with van der Waals surface area (Å²) in [6.07, 6.45) is 0.671. The maximum atomic E-state index is 12.6. The van der Waals surface area contributed by atoms with Crippen LogP contribution in [0.1, 0.15) is 20.3 Å². The Morgan fingerprint density at radius 3 is 2.61 bits per heavy atom. The van der Waals surface area contributed by atoms with Crippen LogP contribution in [0.25, 0.3) is 0 Å². The summed E-state index contributed by atoms with van der Waals surface area (Å²) in [5, 5.41) is 3.35. The van der Waals surface area contributed by atoms with E-state index in [1.54, 1.807) is 0 Å². The van der Waals surface area contributed by atoms with E-state index in [1.165, 1.54) is 7.11 Å². The lowest BCUT2D eigenvalue weighted by Crippen LogP contribution is -2.50. The van der Waals surface area contributed by atoms with Crippen molar-refractivity contribution in [3.05, 3.63) is 0 Å². The van der Waals surface area contributed by atoms with E-state index in [2.05, 4.69) is 24.1 Å². The number of piperazine rings is 1. The maximum absolute atomic E-state index is 12.6. The molecule has 0 aromatic rings. The summed E-state index contributed by atoms with van der Waals surface area (Å²) in [5.41, 5.74) is 0. The Hall–Kier alpha value is -1.05. The van der Waals surface area contributed by atoms with E-state index in [9.17, 15) is 9.59 Å². The minimum Gasteiger partial charge on any atom is -0.468 e. The summed E-state index contributed by atoms with van der Waals surface area (Å²) in [4.78, 5) is 30.8. The molecule has 8 heteroatoms. The van der Waals surface area contributed by atoms with Gasteiger partial charge in [0.15, 0.2) is 0 Å².